The number of thioether (sulfide) groups is 1. The third-order valence-corrected chi connectivity index (χ3v) is 4.65. The average Bonchev–Trinajstić information content (AvgIpc) is 3.00. The van der Waals surface area contributed by atoms with Gasteiger partial charge in [-0.15, -0.1) is 11.8 Å². The van der Waals surface area contributed by atoms with Crippen LogP contribution in [0.5, 0.6) is 5.75 Å². The number of hydrogen-bond acceptors (Lipinski definition) is 2. The quantitative estimate of drug-likeness (QED) is 0.858. The molecule has 0 radical (unpaired) electrons. The van der Waals surface area contributed by atoms with E-state index >= 15 is 0 Å². The Bertz CT molecular complexity index is 653. The van der Waals surface area contributed by atoms with Crippen LogP contribution >= 0.6 is 11.8 Å². The smallest absolute Gasteiger partial charge is 0.123 e. The molecule has 1 N–H and O–H groups in total. The molecule has 2 aromatic carbocycles. The van der Waals surface area contributed by atoms with Gasteiger partial charge in [0.05, 0.1) is 0 Å². The van der Waals surface area contributed by atoms with Gasteiger partial charge in [0.25, 0.3) is 0 Å². The fraction of sp³-hybridized carbons (Fsp3) is 0.158. The van der Waals surface area contributed by atoms with Crippen LogP contribution < -0.4 is 0 Å². The molecule has 1 aliphatic heterocycles. The SMILES string of the molecule is Cc1ccccc1C(=CC1C=CSC1)c1ccccc1O. The summed E-state index contributed by atoms with van der Waals surface area (Å²) in [5.74, 6) is 1.83. The van der Waals surface area contributed by atoms with Crippen LogP contribution in [0.1, 0.15) is 16.7 Å². The van der Waals surface area contributed by atoms with Crippen molar-refractivity contribution in [2.75, 3.05) is 5.75 Å². The Morgan fingerprint density at radius 1 is 1.10 bits per heavy atom. The van der Waals surface area contributed by atoms with Crippen LogP contribution in [0.3, 0.4) is 0 Å². The highest BCUT2D eigenvalue weighted by molar-refractivity contribution is 8.02. The summed E-state index contributed by atoms with van der Waals surface area (Å²) in [4.78, 5) is 0. The van der Waals surface area contributed by atoms with Gasteiger partial charge in [-0.2, -0.15) is 0 Å². The Morgan fingerprint density at radius 2 is 1.81 bits per heavy atom. The molecule has 0 spiro atoms. The van der Waals surface area contributed by atoms with Crippen molar-refractivity contribution < 1.29 is 5.11 Å². The molecule has 3 rings (SSSR count). The van der Waals surface area contributed by atoms with Crippen molar-refractivity contribution in [3.05, 3.63) is 82.8 Å². The van der Waals surface area contributed by atoms with Crippen LogP contribution in [-0.2, 0) is 0 Å². The van der Waals surface area contributed by atoms with Crippen LogP contribution in [0.4, 0.5) is 0 Å². The maximum Gasteiger partial charge on any atom is 0.123 e. The molecule has 0 saturated heterocycles. The Kier molecular flexibility index (Phi) is 4.16. The molecular formula is C19H18OS. The molecule has 0 bridgehead atoms. The Labute approximate surface area is 130 Å². The molecule has 2 heteroatoms. The number of phenolic OH excluding ortho intramolecular Hbond substituents is 1. The second-order valence-electron chi connectivity index (χ2n) is 5.24. The van der Waals surface area contributed by atoms with Gasteiger partial charge in [-0.3, -0.25) is 0 Å². The van der Waals surface area contributed by atoms with Gasteiger partial charge < -0.3 is 5.11 Å². The molecule has 0 aliphatic carbocycles. The number of para-hydroxylation sites is 1. The lowest BCUT2D eigenvalue weighted by atomic mass is 9.91. The minimum absolute atomic E-state index is 0.335. The molecule has 0 saturated carbocycles. The minimum Gasteiger partial charge on any atom is -0.507 e. The minimum atomic E-state index is 0.335. The van der Waals surface area contributed by atoms with E-state index in [1.807, 2.05) is 36.0 Å². The van der Waals surface area contributed by atoms with Crippen LogP contribution in [0.25, 0.3) is 5.57 Å². The van der Waals surface area contributed by atoms with Gasteiger partial charge in [-0.25, -0.2) is 0 Å². The van der Waals surface area contributed by atoms with Crippen LogP contribution in [0.15, 0.2) is 66.1 Å². The van der Waals surface area contributed by atoms with Crippen LogP contribution in [-0.4, -0.2) is 10.9 Å². The maximum absolute atomic E-state index is 10.2. The summed E-state index contributed by atoms with van der Waals surface area (Å²) in [7, 11) is 0. The zero-order valence-electron chi connectivity index (χ0n) is 12.0. The van der Waals surface area contributed by atoms with Crippen molar-refractivity contribution in [3.8, 4) is 5.75 Å². The fourth-order valence-electron chi connectivity index (χ4n) is 2.60. The molecule has 0 fully saturated rings. The van der Waals surface area contributed by atoms with E-state index in [9.17, 15) is 5.11 Å². The third-order valence-electron chi connectivity index (χ3n) is 3.72. The van der Waals surface area contributed by atoms with Gasteiger partial charge >= 0.3 is 0 Å². The molecule has 1 aliphatic rings. The van der Waals surface area contributed by atoms with Crippen LogP contribution in [0.2, 0.25) is 0 Å². The Morgan fingerprint density at radius 3 is 2.48 bits per heavy atom. The molecule has 0 amide bonds. The van der Waals surface area contributed by atoms with Crippen LogP contribution in [0, 0.1) is 12.8 Å². The largest absolute Gasteiger partial charge is 0.507 e. The first-order valence-electron chi connectivity index (χ1n) is 7.10. The van der Waals surface area contributed by atoms with E-state index < -0.39 is 0 Å². The van der Waals surface area contributed by atoms with E-state index in [1.54, 1.807) is 6.07 Å². The van der Waals surface area contributed by atoms with Crippen molar-refractivity contribution >= 4 is 17.3 Å². The predicted octanol–water partition coefficient (Wildman–Crippen LogP) is 5.01. The van der Waals surface area contributed by atoms with Crippen molar-refractivity contribution in [2.45, 2.75) is 6.92 Å². The van der Waals surface area contributed by atoms with Gasteiger partial charge in [0.1, 0.15) is 5.75 Å². The molecule has 0 aromatic heterocycles. The summed E-state index contributed by atoms with van der Waals surface area (Å²) in [6.07, 6.45) is 4.50. The summed E-state index contributed by atoms with van der Waals surface area (Å²) in [6.45, 7) is 2.11. The number of benzene rings is 2. The van der Waals surface area contributed by atoms with E-state index in [2.05, 4.69) is 42.7 Å². The van der Waals surface area contributed by atoms with Gasteiger partial charge in [0.2, 0.25) is 0 Å². The zero-order chi connectivity index (χ0) is 14.7. The normalized spacial score (nSPS) is 18.1. The van der Waals surface area contributed by atoms with E-state index in [1.165, 1.54) is 11.1 Å². The van der Waals surface area contributed by atoms with E-state index in [0.717, 1.165) is 16.9 Å². The molecule has 1 nitrogen and oxygen atoms in total. The predicted molar refractivity (Wildman–Crippen MR) is 91.5 cm³/mol. The summed E-state index contributed by atoms with van der Waals surface area (Å²) in [5, 5.41) is 12.4. The summed E-state index contributed by atoms with van der Waals surface area (Å²) in [5.41, 5.74) is 4.42. The van der Waals surface area contributed by atoms with Crippen molar-refractivity contribution in [1.29, 1.82) is 0 Å². The summed E-state index contributed by atoms with van der Waals surface area (Å²) < 4.78 is 0. The highest BCUT2D eigenvalue weighted by Crippen LogP contribution is 2.34. The highest BCUT2D eigenvalue weighted by Gasteiger charge is 2.15. The molecule has 106 valence electrons. The first-order valence-corrected chi connectivity index (χ1v) is 8.15. The fourth-order valence-corrected chi connectivity index (χ4v) is 3.45. The topological polar surface area (TPSA) is 20.2 Å². The number of phenols is 1. The highest BCUT2D eigenvalue weighted by atomic mass is 32.2. The lowest BCUT2D eigenvalue weighted by molar-refractivity contribution is 0.473. The van der Waals surface area contributed by atoms with Gasteiger partial charge in [0, 0.05) is 17.2 Å². The van der Waals surface area contributed by atoms with Crippen molar-refractivity contribution in [3.63, 3.8) is 0 Å². The van der Waals surface area contributed by atoms with E-state index in [-0.39, 0.29) is 0 Å². The Balaban J connectivity index is 2.14. The second-order valence-corrected chi connectivity index (χ2v) is 6.18. The molecule has 1 heterocycles. The molecule has 1 atom stereocenters. The average molecular weight is 294 g/mol. The van der Waals surface area contributed by atoms with Gasteiger partial charge in [0.15, 0.2) is 0 Å². The third kappa shape index (κ3) is 3.06. The second kappa shape index (κ2) is 6.23. The maximum atomic E-state index is 10.2. The standard InChI is InChI=1S/C19H18OS/c1-14-6-2-3-7-16(14)18(12-15-10-11-21-13-15)17-8-4-5-9-19(17)20/h2-12,15,20H,13H2,1H3. The monoisotopic (exact) mass is 294 g/mol. The van der Waals surface area contributed by atoms with Crippen molar-refractivity contribution in [1.82, 2.24) is 0 Å². The first-order chi connectivity index (χ1) is 10.3. The van der Waals surface area contributed by atoms with Gasteiger partial charge in [-0.1, -0.05) is 54.6 Å². The summed E-state index contributed by atoms with van der Waals surface area (Å²) >= 11 is 1.84. The van der Waals surface area contributed by atoms with Gasteiger partial charge in [-0.05, 0) is 35.1 Å². The number of rotatable bonds is 3. The van der Waals surface area contributed by atoms with E-state index in [4.69, 9.17) is 0 Å². The molecular weight excluding hydrogens is 276 g/mol. The molecule has 2 aromatic rings. The lowest BCUT2D eigenvalue weighted by Gasteiger charge is -2.14. The Hall–Kier alpha value is -1.93. The molecule has 21 heavy (non-hydrogen) atoms. The lowest BCUT2D eigenvalue weighted by Crippen LogP contribution is -1.97. The number of hydrogen-bond donors (Lipinski definition) is 1. The van der Waals surface area contributed by atoms with Crippen molar-refractivity contribution in [2.24, 2.45) is 5.92 Å². The zero-order valence-corrected chi connectivity index (χ0v) is 12.8. The first kappa shape index (κ1) is 14.0. The number of aromatic hydroxyl groups is 1. The molecule has 1 unspecified atom stereocenters. The number of aryl methyl sites for hydroxylation is 1. The van der Waals surface area contributed by atoms with E-state index in [0.29, 0.717) is 11.7 Å². The number of allylic oxidation sites excluding steroid dienone is 2. The summed E-state index contributed by atoms with van der Waals surface area (Å²) in [6, 6.07) is 15.9.